The molecule has 1 aromatic heterocycles. The molecule has 0 radical (unpaired) electrons. The van der Waals surface area contributed by atoms with Gasteiger partial charge in [-0.05, 0) is 42.3 Å². The molecule has 2 rings (SSSR count). The molecule has 0 fully saturated rings. The summed E-state index contributed by atoms with van der Waals surface area (Å²) in [5, 5.41) is 3.28. The minimum Gasteiger partial charge on any atom is -0.487 e. The molecule has 1 aromatic carbocycles. The number of aromatic nitrogens is 1. The van der Waals surface area contributed by atoms with E-state index in [1.54, 1.807) is 0 Å². The number of ether oxygens (including phenoxy) is 1. The molecule has 21 heavy (non-hydrogen) atoms. The van der Waals surface area contributed by atoms with Crippen LogP contribution in [0.1, 0.15) is 43.6 Å². The fourth-order valence-corrected chi connectivity index (χ4v) is 2.08. The molecule has 0 saturated carbocycles. The minimum absolute atomic E-state index is 0.502. The second kappa shape index (κ2) is 7.79. The predicted octanol–water partition coefficient (Wildman–Crippen LogP) is 3.89. The first-order valence-corrected chi connectivity index (χ1v) is 7.57. The van der Waals surface area contributed by atoms with E-state index in [1.807, 2.05) is 30.3 Å². The Kier molecular flexibility index (Phi) is 5.76. The molecule has 0 amide bonds. The molecule has 0 spiro atoms. The normalized spacial score (nSPS) is 10.9. The Morgan fingerprint density at radius 3 is 2.62 bits per heavy atom. The van der Waals surface area contributed by atoms with Crippen molar-refractivity contribution in [2.75, 3.05) is 6.54 Å². The number of rotatable bonds is 7. The van der Waals surface area contributed by atoms with Gasteiger partial charge in [0.1, 0.15) is 12.4 Å². The largest absolute Gasteiger partial charge is 0.487 e. The Balaban J connectivity index is 1.97. The van der Waals surface area contributed by atoms with E-state index in [1.165, 1.54) is 5.56 Å². The van der Waals surface area contributed by atoms with Gasteiger partial charge in [-0.25, -0.2) is 0 Å². The number of hydrogen-bond acceptors (Lipinski definition) is 3. The van der Waals surface area contributed by atoms with Crippen molar-refractivity contribution in [2.24, 2.45) is 0 Å². The van der Waals surface area contributed by atoms with Gasteiger partial charge in [-0.15, -0.1) is 0 Å². The zero-order chi connectivity index (χ0) is 15.1. The first-order valence-electron chi connectivity index (χ1n) is 7.57. The molecule has 1 heterocycles. The van der Waals surface area contributed by atoms with Crippen LogP contribution in [0.4, 0.5) is 0 Å². The molecule has 0 aliphatic carbocycles. The third-order valence-electron chi connectivity index (χ3n) is 3.33. The molecule has 0 saturated heterocycles. The van der Waals surface area contributed by atoms with Crippen LogP contribution in [0.25, 0.3) is 0 Å². The molecule has 2 aromatic rings. The summed E-state index contributed by atoms with van der Waals surface area (Å²) < 4.78 is 5.86. The number of pyridine rings is 1. The number of nitrogens with zero attached hydrogens (tertiary/aromatic N) is 1. The average molecular weight is 284 g/mol. The maximum absolute atomic E-state index is 5.86. The van der Waals surface area contributed by atoms with Gasteiger partial charge in [0.2, 0.25) is 0 Å². The van der Waals surface area contributed by atoms with Crippen molar-refractivity contribution in [2.45, 2.75) is 39.8 Å². The van der Waals surface area contributed by atoms with Crippen molar-refractivity contribution < 1.29 is 4.74 Å². The summed E-state index contributed by atoms with van der Waals surface area (Å²) in [4.78, 5) is 4.60. The minimum atomic E-state index is 0.502. The second-order valence-corrected chi connectivity index (χ2v) is 5.42. The lowest BCUT2D eigenvalue weighted by atomic mass is 10.0. The predicted molar refractivity (Wildman–Crippen MR) is 86.5 cm³/mol. The van der Waals surface area contributed by atoms with Crippen molar-refractivity contribution in [1.82, 2.24) is 10.3 Å². The molecule has 1 N–H and O–H groups in total. The standard InChI is InChI=1S/C18H24N2O/c1-4-19-12-16-8-6-9-17(20-16)13-21-18-10-5-7-15(11-18)14(2)3/h5-11,14,19H,4,12-13H2,1-3H3. The van der Waals surface area contributed by atoms with Crippen LogP contribution >= 0.6 is 0 Å². The van der Waals surface area contributed by atoms with Crippen LogP contribution in [-0.2, 0) is 13.2 Å². The first-order chi connectivity index (χ1) is 10.2. The molecule has 0 unspecified atom stereocenters. The number of nitrogens with one attached hydrogen (secondary N) is 1. The average Bonchev–Trinajstić information content (AvgIpc) is 2.51. The molecule has 0 atom stereocenters. The van der Waals surface area contributed by atoms with Crippen LogP contribution in [0.2, 0.25) is 0 Å². The van der Waals surface area contributed by atoms with Gasteiger partial charge in [-0.1, -0.05) is 39.0 Å². The topological polar surface area (TPSA) is 34.1 Å². The third-order valence-corrected chi connectivity index (χ3v) is 3.33. The van der Waals surface area contributed by atoms with Crippen molar-refractivity contribution >= 4 is 0 Å². The Morgan fingerprint density at radius 1 is 1.10 bits per heavy atom. The van der Waals surface area contributed by atoms with Gasteiger partial charge >= 0.3 is 0 Å². The van der Waals surface area contributed by atoms with Crippen molar-refractivity contribution in [1.29, 1.82) is 0 Å². The van der Waals surface area contributed by atoms with Crippen molar-refractivity contribution in [3.8, 4) is 5.75 Å². The monoisotopic (exact) mass is 284 g/mol. The maximum Gasteiger partial charge on any atom is 0.130 e. The van der Waals surface area contributed by atoms with E-state index in [-0.39, 0.29) is 0 Å². The molecular formula is C18H24N2O. The molecular weight excluding hydrogens is 260 g/mol. The van der Waals surface area contributed by atoms with Crippen LogP contribution < -0.4 is 10.1 Å². The lowest BCUT2D eigenvalue weighted by Crippen LogP contribution is -2.13. The zero-order valence-electron chi connectivity index (χ0n) is 13.1. The van der Waals surface area contributed by atoms with E-state index in [0.29, 0.717) is 12.5 Å². The van der Waals surface area contributed by atoms with Gasteiger partial charge in [0.05, 0.1) is 11.4 Å². The summed E-state index contributed by atoms with van der Waals surface area (Å²) >= 11 is 0. The summed E-state index contributed by atoms with van der Waals surface area (Å²) in [6.07, 6.45) is 0. The summed E-state index contributed by atoms with van der Waals surface area (Å²) in [7, 11) is 0. The molecule has 3 heteroatoms. The highest BCUT2D eigenvalue weighted by Gasteiger charge is 2.03. The molecule has 3 nitrogen and oxygen atoms in total. The van der Waals surface area contributed by atoms with E-state index in [9.17, 15) is 0 Å². The summed E-state index contributed by atoms with van der Waals surface area (Å²) in [6.45, 7) is 8.71. The Morgan fingerprint density at radius 2 is 1.86 bits per heavy atom. The lowest BCUT2D eigenvalue weighted by Gasteiger charge is -2.10. The van der Waals surface area contributed by atoms with Crippen LogP contribution in [0, 0.1) is 0 Å². The number of hydrogen-bond donors (Lipinski definition) is 1. The Labute approximate surface area is 127 Å². The second-order valence-electron chi connectivity index (χ2n) is 5.42. The maximum atomic E-state index is 5.86. The summed E-state index contributed by atoms with van der Waals surface area (Å²) in [6, 6.07) is 14.3. The fraction of sp³-hybridized carbons (Fsp3) is 0.389. The Hall–Kier alpha value is -1.87. The van der Waals surface area contributed by atoms with Crippen LogP contribution in [0.5, 0.6) is 5.75 Å². The zero-order valence-corrected chi connectivity index (χ0v) is 13.1. The van der Waals surface area contributed by atoms with Crippen molar-refractivity contribution in [3.63, 3.8) is 0 Å². The van der Waals surface area contributed by atoms with Gasteiger partial charge in [0.15, 0.2) is 0 Å². The van der Waals surface area contributed by atoms with Gasteiger partial charge < -0.3 is 10.1 Å². The van der Waals surface area contributed by atoms with E-state index in [2.05, 4.69) is 43.2 Å². The SMILES string of the molecule is CCNCc1cccc(COc2cccc(C(C)C)c2)n1. The first kappa shape index (κ1) is 15.5. The molecule has 112 valence electrons. The molecule has 0 bridgehead atoms. The highest BCUT2D eigenvalue weighted by atomic mass is 16.5. The Bertz CT molecular complexity index is 567. The van der Waals surface area contributed by atoms with Crippen molar-refractivity contribution in [3.05, 3.63) is 59.4 Å². The highest BCUT2D eigenvalue weighted by molar-refractivity contribution is 5.30. The van der Waals surface area contributed by atoms with Crippen LogP contribution in [-0.4, -0.2) is 11.5 Å². The quantitative estimate of drug-likeness (QED) is 0.837. The van der Waals surface area contributed by atoms with E-state index in [0.717, 1.165) is 30.2 Å². The summed E-state index contributed by atoms with van der Waals surface area (Å²) in [5.74, 6) is 1.41. The van der Waals surface area contributed by atoms with Crippen LogP contribution in [0.15, 0.2) is 42.5 Å². The lowest BCUT2D eigenvalue weighted by molar-refractivity contribution is 0.300. The van der Waals surface area contributed by atoms with Gasteiger partial charge in [-0.3, -0.25) is 4.98 Å². The molecule has 0 aliphatic rings. The van der Waals surface area contributed by atoms with Gasteiger partial charge in [0.25, 0.3) is 0 Å². The fourth-order valence-electron chi connectivity index (χ4n) is 2.08. The van der Waals surface area contributed by atoms with Crippen LogP contribution in [0.3, 0.4) is 0 Å². The van der Waals surface area contributed by atoms with E-state index >= 15 is 0 Å². The summed E-state index contributed by atoms with van der Waals surface area (Å²) in [5.41, 5.74) is 3.30. The smallest absolute Gasteiger partial charge is 0.130 e. The number of benzene rings is 1. The van der Waals surface area contributed by atoms with E-state index in [4.69, 9.17) is 4.74 Å². The molecule has 0 aliphatic heterocycles. The van der Waals surface area contributed by atoms with Gasteiger partial charge in [-0.2, -0.15) is 0 Å². The highest BCUT2D eigenvalue weighted by Crippen LogP contribution is 2.20. The van der Waals surface area contributed by atoms with Gasteiger partial charge in [0, 0.05) is 6.54 Å². The van der Waals surface area contributed by atoms with E-state index < -0.39 is 0 Å². The third kappa shape index (κ3) is 4.87.